The fraction of sp³-hybridized carbons (Fsp3) is 0.588. The van der Waals surface area contributed by atoms with E-state index in [4.69, 9.17) is 0 Å². The Morgan fingerprint density at radius 1 is 1.35 bits per heavy atom. The summed E-state index contributed by atoms with van der Waals surface area (Å²) in [5.74, 6) is 0.383. The Hall–Kier alpha value is -1.43. The molecular weight excluding hydrogens is 315 g/mol. The van der Waals surface area contributed by atoms with Crippen molar-refractivity contribution in [2.45, 2.75) is 56.9 Å². The first-order chi connectivity index (χ1) is 11.0. The predicted octanol–water partition coefficient (Wildman–Crippen LogP) is 3.27. The standard InChI is InChI=1S/C17H25FN2O2S/c1-3-23(22)16-6-4-5-15(11-16)20-17(21)19-12(2)13-7-9-14(18)10-8-13/h7-10,12,15-16H,3-6,11H2,1-2H3,(H2,19,20,21)/t12-,15+,16-,23-/m1/s1. The number of amides is 2. The van der Waals surface area contributed by atoms with Crippen molar-refractivity contribution in [3.8, 4) is 0 Å². The van der Waals surface area contributed by atoms with E-state index < -0.39 is 10.8 Å². The molecule has 0 aromatic heterocycles. The molecule has 0 radical (unpaired) electrons. The average molecular weight is 340 g/mol. The Kier molecular flexibility index (Phi) is 6.57. The molecule has 1 fully saturated rings. The zero-order chi connectivity index (χ0) is 16.8. The van der Waals surface area contributed by atoms with Crippen LogP contribution in [0.4, 0.5) is 9.18 Å². The molecule has 0 saturated heterocycles. The van der Waals surface area contributed by atoms with Crippen LogP contribution in [-0.4, -0.2) is 27.3 Å². The highest BCUT2D eigenvalue weighted by atomic mass is 32.2. The largest absolute Gasteiger partial charge is 0.335 e. The van der Waals surface area contributed by atoms with Gasteiger partial charge in [0, 0.05) is 27.8 Å². The summed E-state index contributed by atoms with van der Waals surface area (Å²) in [7, 11) is -0.799. The summed E-state index contributed by atoms with van der Waals surface area (Å²) in [6.07, 6.45) is 3.68. The summed E-state index contributed by atoms with van der Waals surface area (Å²) in [6, 6.07) is 5.76. The van der Waals surface area contributed by atoms with Crippen LogP contribution in [0.1, 0.15) is 51.1 Å². The molecule has 1 saturated carbocycles. The minimum Gasteiger partial charge on any atom is -0.335 e. The minimum atomic E-state index is -0.799. The van der Waals surface area contributed by atoms with Gasteiger partial charge in [-0.05, 0) is 43.9 Å². The normalized spacial score (nSPS) is 23.8. The predicted molar refractivity (Wildman–Crippen MR) is 91.2 cm³/mol. The van der Waals surface area contributed by atoms with Gasteiger partial charge in [0.05, 0.1) is 6.04 Å². The molecule has 1 aromatic carbocycles. The zero-order valence-electron chi connectivity index (χ0n) is 13.7. The summed E-state index contributed by atoms with van der Waals surface area (Å²) >= 11 is 0. The van der Waals surface area contributed by atoms with E-state index in [1.165, 1.54) is 12.1 Å². The van der Waals surface area contributed by atoms with Crippen molar-refractivity contribution in [3.63, 3.8) is 0 Å². The SMILES string of the molecule is CC[S@@](=O)[C@@H]1CCC[C@H](NC(=O)N[C@H](C)c2ccc(F)cc2)C1. The van der Waals surface area contributed by atoms with Gasteiger partial charge in [-0.3, -0.25) is 4.21 Å². The molecule has 2 N–H and O–H groups in total. The molecule has 6 heteroatoms. The van der Waals surface area contributed by atoms with E-state index in [-0.39, 0.29) is 29.2 Å². The van der Waals surface area contributed by atoms with Crippen molar-refractivity contribution in [3.05, 3.63) is 35.6 Å². The van der Waals surface area contributed by atoms with Crippen molar-refractivity contribution in [2.75, 3.05) is 5.75 Å². The maximum Gasteiger partial charge on any atom is 0.315 e. The molecule has 0 bridgehead atoms. The van der Waals surface area contributed by atoms with Gasteiger partial charge < -0.3 is 10.6 Å². The van der Waals surface area contributed by atoms with Gasteiger partial charge in [-0.25, -0.2) is 9.18 Å². The van der Waals surface area contributed by atoms with Crippen molar-refractivity contribution in [1.82, 2.24) is 10.6 Å². The van der Waals surface area contributed by atoms with Gasteiger partial charge >= 0.3 is 6.03 Å². The quantitative estimate of drug-likeness (QED) is 0.864. The van der Waals surface area contributed by atoms with Crippen LogP contribution < -0.4 is 10.6 Å². The number of halogens is 1. The zero-order valence-corrected chi connectivity index (χ0v) is 14.5. The Bertz CT molecular complexity index is 550. The van der Waals surface area contributed by atoms with Gasteiger partial charge in [0.2, 0.25) is 0 Å². The number of carbonyl (C=O) groups is 1. The van der Waals surface area contributed by atoms with E-state index in [0.29, 0.717) is 5.75 Å². The summed E-state index contributed by atoms with van der Waals surface area (Å²) in [4.78, 5) is 12.1. The van der Waals surface area contributed by atoms with Crippen LogP contribution in [0.25, 0.3) is 0 Å². The summed E-state index contributed by atoms with van der Waals surface area (Å²) < 4.78 is 24.9. The summed E-state index contributed by atoms with van der Waals surface area (Å²) in [6.45, 7) is 3.80. The van der Waals surface area contributed by atoms with E-state index in [1.54, 1.807) is 12.1 Å². The highest BCUT2D eigenvalue weighted by molar-refractivity contribution is 7.85. The molecule has 2 rings (SSSR count). The van der Waals surface area contributed by atoms with Crippen molar-refractivity contribution < 1.29 is 13.4 Å². The van der Waals surface area contributed by atoms with Crippen molar-refractivity contribution in [1.29, 1.82) is 0 Å². The molecule has 4 atom stereocenters. The third-order valence-corrected chi connectivity index (χ3v) is 6.08. The van der Waals surface area contributed by atoms with E-state index in [9.17, 15) is 13.4 Å². The third kappa shape index (κ3) is 5.30. The molecule has 2 amide bonds. The van der Waals surface area contributed by atoms with Crippen LogP contribution in [0, 0.1) is 5.82 Å². The molecule has 0 spiro atoms. The van der Waals surface area contributed by atoms with Crippen LogP contribution in [0.5, 0.6) is 0 Å². The number of rotatable bonds is 5. The van der Waals surface area contributed by atoms with Crippen LogP contribution in [0.3, 0.4) is 0 Å². The highest BCUT2D eigenvalue weighted by Gasteiger charge is 2.26. The second-order valence-corrected chi connectivity index (χ2v) is 8.05. The number of benzene rings is 1. The second-order valence-electron chi connectivity index (χ2n) is 6.05. The lowest BCUT2D eigenvalue weighted by Crippen LogP contribution is -2.46. The highest BCUT2D eigenvalue weighted by Crippen LogP contribution is 2.23. The molecule has 4 nitrogen and oxygen atoms in total. The molecular formula is C17H25FN2O2S. The lowest BCUT2D eigenvalue weighted by atomic mass is 9.95. The molecule has 128 valence electrons. The van der Waals surface area contributed by atoms with E-state index in [2.05, 4.69) is 10.6 Å². The number of carbonyl (C=O) groups excluding carboxylic acids is 1. The van der Waals surface area contributed by atoms with E-state index in [1.807, 2.05) is 13.8 Å². The summed E-state index contributed by atoms with van der Waals surface area (Å²) in [5, 5.41) is 6.04. The monoisotopic (exact) mass is 340 g/mol. The minimum absolute atomic E-state index is 0.0738. The van der Waals surface area contributed by atoms with Gasteiger partial charge in [-0.2, -0.15) is 0 Å². The molecule has 0 heterocycles. The number of urea groups is 1. The Morgan fingerprint density at radius 2 is 2.04 bits per heavy atom. The molecule has 1 aromatic rings. The number of nitrogens with one attached hydrogen (secondary N) is 2. The van der Waals surface area contributed by atoms with Crippen LogP contribution in [0.2, 0.25) is 0 Å². The molecule has 0 unspecified atom stereocenters. The second kappa shape index (κ2) is 8.43. The number of hydrogen-bond acceptors (Lipinski definition) is 2. The Morgan fingerprint density at radius 3 is 2.70 bits per heavy atom. The fourth-order valence-corrected chi connectivity index (χ4v) is 4.36. The smallest absolute Gasteiger partial charge is 0.315 e. The van der Waals surface area contributed by atoms with E-state index in [0.717, 1.165) is 31.2 Å². The van der Waals surface area contributed by atoms with Gasteiger partial charge in [0.1, 0.15) is 5.82 Å². The molecule has 1 aliphatic carbocycles. The van der Waals surface area contributed by atoms with Crippen LogP contribution in [0.15, 0.2) is 24.3 Å². The lowest BCUT2D eigenvalue weighted by Gasteiger charge is -2.29. The van der Waals surface area contributed by atoms with Gasteiger partial charge in [-0.15, -0.1) is 0 Å². The maximum atomic E-state index is 12.9. The molecule has 1 aliphatic rings. The molecule has 0 aliphatic heterocycles. The Labute approximate surface area is 139 Å². The van der Waals surface area contributed by atoms with Crippen LogP contribution in [-0.2, 0) is 10.8 Å². The Balaban J connectivity index is 1.84. The third-order valence-electron chi connectivity index (χ3n) is 4.34. The average Bonchev–Trinajstić information content (AvgIpc) is 2.54. The van der Waals surface area contributed by atoms with Crippen molar-refractivity contribution in [2.24, 2.45) is 0 Å². The van der Waals surface area contributed by atoms with Gasteiger partial charge in [0.15, 0.2) is 0 Å². The fourth-order valence-electron chi connectivity index (χ4n) is 3.01. The maximum absolute atomic E-state index is 12.9. The van der Waals surface area contributed by atoms with Gasteiger partial charge in [-0.1, -0.05) is 25.5 Å². The van der Waals surface area contributed by atoms with Gasteiger partial charge in [0.25, 0.3) is 0 Å². The molecule has 23 heavy (non-hydrogen) atoms. The topological polar surface area (TPSA) is 58.2 Å². The first-order valence-electron chi connectivity index (χ1n) is 8.19. The summed E-state index contributed by atoms with van der Waals surface area (Å²) in [5.41, 5.74) is 0.857. The number of hydrogen-bond donors (Lipinski definition) is 2. The first-order valence-corrected chi connectivity index (χ1v) is 9.57. The van der Waals surface area contributed by atoms with Crippen LogP contribution >= 0.6 is 0 Å². The first kappa shape index (κ1) is 17.9. The van der Waals surface area contributed by atoms with E-state index >= 15 is 0 Å². The lowest BCUT2D eigenvalue weighted by molar-refractivity contribution is 0.230. The van der Waals surface area contributed by atoms with Crippen molar-refractivity contribution >= 4 is 16.8 Å².